The maximum absolute atomic E-state index is 12.3. The maximum Gasteiger partial charge on any atom is 0.343 e. The molecule has 0 N–H and O–H groups in total. The van der Waals surface area contributed by atoms with Gasteiger partial charge in [-0.15, -0.1) is 0 Å². The molecule has 2 amide bonds. The van der Waals surface area contributed by atoms with Gasteiger partial charge in [0.25, 0.3) is 11.8 Å². The number of imide groups is 1. The molecule has 4 rings (SSSR count). The van der Waals surface area contributed by atoms with Crippen molar-refractivity contribution in [1.29, 1.82) is 0 Å². The first-order chi connectivity index (χ1) is 14.0. The number of nitrogens with zero attached hydrogens (tertiary/aromatic N) is 2. The van der Waals surface area contributed by atoms with E-state index in [1.165, 1.54) is 6.21 Å². The molecule has 0 fully saturated rings. The highest BCUT2D eigenvalue weighted by Gasteiger charge is 2.35. The Hall–Kier alpha value is -4.06. The lowest BCUT2D eigenvalue weighted by atomic mass is 10.1. The Bertz CT molecular complexity index is 1100. The summed E-state index contributed by atoms with van der Waals surface area (Å²) in [6, 6.07) is 20.3. The topological polar surface area (TPSA) is 76.0 Å². The summed E-state index contributed by atoms with van der Waals surface area (Å²) in [6.07, 6.45) is 1.41. The number of hydrogen-bond acceptors (Lipinski definition) is 5. The molecule has 29 heavy (non-hydrogen) atoms. The van der Waals surface area contributed by atoms with Crippen LogP contribution in [0.2, 0.25) is 0 Å². The summed E-state index contributed by atoms with van der Waals surface area (Å²) >= 11 is 0. The van der Waals surface area contributed by atoms with E-state index in [1.54, 1.807) is 60.7 Å². The number of hydrazone groups is 1. The predicted octanol–water partition coefficient (Wildman–Crippen LogP) is 3.84. The number of benzene rings is 3. The average molecular weight is 384 g/mol. The second kappa shape index (κ2) is 7.52. The molecule has 0 radical (unpaired) electrons. The van der Waals surface area contributed by atoms with Crippen molar-refractivity contribution in [1.82, 2.24) is 5.01 Å². The zero-order valence-electron chi connectivity index (χ0n) is 15.5. The fourth-order valence-corrected chi connectivity index (χ4v) is 2.88. The van der Waals surface area contributed by atoms with Crippen LogP contribution >= 0.6 is 0 Å². The Kier molecular flexibility index (Phi) is 4.75. The van der Waals surface area contributed by atoms with Gasteiger partial charge < -0.3 is 4.74 Å². The molecule has 0 unspecified atom stereocenters. The Balaban J connectivity index is 1.43. The van der Waals surface area contributed by atoms with Gasteiger partial charge in [-0.2, -0.15) is 10.1 Å². The average Bonchev–Trinajstić information content (AvgIpc) is 2.98. The number of hydrogen-bond donors (Lipinski definition) is 0. The van der Waals surface area contributed by atoms with Crippen LogP contribution in [0, 0.1) is 6.92 Å². The van der Waals surface area contributed by atoms with Crippen molar-refractivity contribution in [3.05, 3.63) is 101 Å². The van der Waals surface area contributed by atoms with Crippen molar-refractivity contribution in [2.24, 2.45) is 5.10 Å². The van der Waals surface area contributed by atoms with E-state index in [9.17, 15) is 14.4 Å². The molecule has 1 heterocycles. The summed E-state index contributed by atoms with van der Waals surface area (Å²) in [5.41, 5.74) is 2.85. The minimum atomic E-state index is -0.453. The summed E-state index contributed by atoms with van der Waals surface area (Å²) in [4.78, 5) is 36.7. The molecule has 142 valence electrons. The fourth-order valence-electron chi connectivity index (χ4n) is 2.88. The standard InChI is InChI=1S/C23H16N2O4/c1-15-6-10-17(11-7-15)23(28)29-18-12-8-16(9-13-18)14-24-25-21(26)19-4-2-3-5-20(19)22(25)27/h2-14H,1H3/b24-14+. The minimum absolute atomic E-state index is 0.341. The number of amides is 2. The number of aryl methyl sites for hydroxylation is 1. The van der Waals surface area contributed by atoms with Gasteiger partial charge in [-0.1, -0.05) is 29.8 Å². The van der Waals surface area contributed by atoms with Gasteiger partial charge in [0, 0.05) is 0 Å². The first-order valence-corrected chi connectivity index (χ1v) is 8.93. The summed E-state index contributed by atoms with van der Waals surface area (Å²) in [6.45, 7) is 1.94. The normalized spacial score (nSPS) is 13.1. The molecular formula is C23H16N2O4. The highest BCUT2D eigenvalue weighted by Crippen LogP contribution is 2.22. The van der Waals surface area contributed by atoms with Crippen LogP contribution in [0.4, 0.5) is 0 Å². The van der Waals surface area contributed by atoms with Crippen LogP contribution in [0.3, 0.4) is 0 Å². The Labute approximate surface area is 167 Å². The molecule has 0 atom stereocenters. The number of ether oxygens (including phenoxy) is 1. The van der Waals surface area contributed by atoms with Crippen LogP contribution in [0.25, 0.3) is 0 Å². The number of carbonyl (C=O) groups is 3. The van der Waals surface area contributed by atoms with E-state index in [4.69, 9.17) is 4.74 Å². The van der Waals surface area contributed by atoms with Crippen molar-refractivity contribution < 1.29 is 19.1 Å². The molecule has 6 heteroatoms. The van der Waals surface area contributed by atoms with Crippen molar-refractivity contribution in [3.63, 3.8) is 0 Å². The number of esters is 1. The van der Waals surface area contributed by atoms with Gasteiger partial charge in [0.15, 0.2) is 0 Å². The Morgan fingerprint density at radius 3 is 2.03 bits per heavy atom. The summed E-state index contributed by atoms with van der Waals surface area (Å²) < 4.78 is 5.35. The van der Waals surface area contributed by atoms with E-state index in [1.807, 2.05) is 19.1 Å². The predicted molar refractivity (Wildman–Crippen MR) is 107 cm³/mol. The highest BCUT2D eigenvalue weighted by molar-refractivity contribution is 6.21. The number of rotatable bonds is 4. The largest absolute Gasteiger partial charge is 0.423 e. The first kappa shape index (κ1) is 18.3. The van der Waals surface area contributed by atoms with Crippen molar-refractivity contribution in [2.75, 3.05) is 0 Å². The number of fused-ring (bicyclic) bond motifs is 1. The summed E-state index contributed by atoms with van der Waals surface area (Å²) in [5, 5.41) is 4.86. The lowest BCUT2D eigenvalue weighted by molar-refractivity contribution is 0.0658. The summed E-state index contributed by atoms with van der Waals surface area (Å²) in [5.74, 6) is -0.970. The quantitative estimate of drug-likeness (QED) is 0.296. The second-order valence-corrected chi connectivity index (χ2v) is 6.54. The molecule has 0 saturated carbocycles. The molecule has 1 aliphatic heterocycles. The van der Waals surface area contributed by atoms with Crippen molar-refractivity contribution >= 4 is 24.0 Å². The fraction of sp³-hybridized carbons (Fsp3) is 0.0435. The Morgan fingerprint density at radius 2 is 1.45 bits per heavy atom. The highest BCUT2D eigenvalue weighted by atomic mass is 16.5. The molecule has 3 aromatic rings. The van der Waals surface area contributed by atoms with Crippen LogP contribution in [-0.2, 0) is 0 Å². The minimum Gasteiger partial charge on any atom is -0.423 e. The van der Waals surface area contributed by atoms with Gasteiger partial charge in [-0.3, -0.25) is 9.59 Å². The third kappa shape index (κ3) is 3.68. The molecule has 0 saturated heterocycles. The lowest BCUT2D eigenvalue weighted by Gasteiger charge is -2.06. The molecule has 1 aliphatic rings. The van der Waals surface area contributed by atoms with E-state index < -0.39 is 17.8 Å². The van der Waals surface area contributed by atoms with Crippen LogP contribution < -0.4 is 4.74 Å². The first-order valence-electron chi connectivity index (χ1n) is 8.93. The van der Waals surface area contributed by atoms with E-state index in [2.05, 4.69) is 5.10 Å². The molecule has 0 aromatic heterocycles. The van der Waals surface area contributed by atoms with E-state index >= 15 is 0 Å². The molecule has 0 bridgehead atoms. The van der Waals surface area contributed by atoms with Crippen molar-refractivity contribution in [3.8, 4) is 5.75 Å². The van der Waals surface area contributed by atoms with E-state index in [-0.39, 0.29) is 0 Å². The van der Waals surface area contributed by atoms with Gasteiger partial charge in [-0.05, 0) is 61.0 Å². The van der Waals surface area contributed by atoms with Crippen LogP contribution in [-0.4, -0.2) is 29.0 Å². The zero-order valence-corrected chi connectivity index (χ0v) is 15.5. The van der Waals surface area contributed by atoms with E-state index in [0.29, 0.717) is 28.0 Å². The smallest absolute Gasteiger partial charge is 0.343 e. The second-order valence-electron chi connectivity index (χ2n) is 6.54. The van der Waals surface area contributed by atoms with Gasteiger partial charge in [0.2, 0.25) is 0 Å². The molecular weight excluding hydrogens is 368 g/mol. The molecule has 3 aromatic carbocycles. The van der Waals surface area contributed by atoms with Gasteiger partial charge >= 0.3 is 5.97 Å². The van der Waals surface area contributed by atoms with Gasteiger partial charge in [0.05, 0.1) is 22.9 Å². The maximum atomic E-state index is 12.3. The summed E-state index contributed by atoms with van der Waals surface area (Å²) in [7, 11) is 0. The molecule has 0 aliphatic carbocycles. The van der Waals surface area contributed by atoms with Crippen LogP contribution in [0.1, 0.15) is 42.2 Å². The third-order valence-electron chi connectivity index (χ3n) is 4.47. The monoisotopic (exact) mass is 384 g/mol. The van der Waals surface area contributed by atoms with E-state index in [0.717, 1.165) is 10.6 Å². The van der Waals surface area contributed by atoms with Gasteiger partial charge in [-0.25, -0.2) is 4.79 Å². The van der Waals surface area contributed by atoms with Gasteiger partial charge in [0.1, 0.15) is 5.75 Å². The SMILES string of the molecule is Cc1ccc(C(=O)Oc2ccc(/C=N/N3C(=O)c4ccccc4C3=O)cc2)cc1. The zero-order chi connectivity index (χ0) is 20.4. The number of carbonyl (C=O) groups excluding carboxylic acids is 3. The molecule has 0 spiro atoms. The third-order valence-corrected chi connectivity index (χ3v) is 4.47. The molecule has 6 nitrogen and oxygen atoms in total. The lowest BCUT2D eigenvalue weighted by Crippen LogP contribution is -2.23. The van der Waals surface area contributed by atoms with Crippen molar-refractivity contribution in [2.45, 2.75) is 6.92 Å². The van der Waals surface area contributed by atoms with Crippen LogP contribution in [0.5, 0.6) is 5.75 Å². The Morgan fingerprint density at radius 1 is 0.862 bits per heavy atom. The van der Waals surface area contributed by atoms with Crippen LogP contribution in [0.15, 0.2) is 77.9 Å².